The van der Waals surface area contributed by atoms with Gasteiger partial charge in [-0.15, -0.1) is 0 Å². The van der Waals surface area contributed by atoms with Gasteiger partial charge in [0.25, 0.3) is 5.91 Å². The second-order valence-corrected chi connectivity index (χ2v) is 6.01. The van der Waals surface area contributed by atoms with Crippen LogP contribution in [0.2, 0.25) is 0 Å². The maximum absolute atomic E-state index is 12.7. The van der Waals surface area contributed by atoms with Crippen LogP contribution in [0.5, 0.6) is 0 Å². The van der Waals surface area contributed by atoms with Gasteiger partial charge in [0.05, 0.1) is 22.5 Å². The van der Waals surface area contributed by atoms with E-state index in [2.05, 4.69) is 25.6 Å². The van der Waals surface area contributed by atoms with Gasteiger partial charge < -0.3 is 10.6 Å². The first kappa shape index (κ1) is 16.7. The van der Waals surface area contributed by atoms with Crippen molar-refractivity contribution in [2.75, 3.05) is 10.6 Å². The van der Waals surface area contributed by atoms with Gasteiger partial charge in [-0.1, -0.05) is 24.3 Å². The Morgan fingerprint density at radius 1 is 0.926 bits per heavy atom. The number of nitrogens with one attached hydrogen (secondary N) is 2. The lowest BCUT2D eigenvalue weighted by Gasteiger charge is -2.10. The number of carbonyl (C=O) groups excluding carboxylic acids is 1. The van der Waals surface area contributed by atoms with Crippen LogP contribution in [0.15, 0.2) is 79.5 Å². The average Bonchev–Trinajstić information content (AvgIpc) is 2.73. The number of aromatic nitrogens is 3. The van der Waals surface area contributed by atoms with Crippen LogP contribution in [-0.2, 0) is 6.54 Å². The average molecular weight is 355 g/mol. The molecule has 0 unspecified atom stereocenters. The quantitative estimate of drug-likeness (QED) is 0.568. The van der Waals surface area contributed by atoms with Crippen molar-refractivity contribution in [1.82, 2.24) is 15.0 Å². The normalized spacial score (nSPS) is 10.5. The van der Waals surface area contributed by atoms with E-state index in [1.807, 2.05) is 42.5 Å². The highest BCUT2D eigenvalue weighted by atomic mass is 16.1. The molecule has 0 fully saturated rings. The second-order valence-electron chi connectivity index (χ2n) is 6.01. The van der Waals surface area contributed by atoms with Gasteiger partial charge in [-0.2, -0.15) is 0 Å². The number of para-hydroxylation sites is 1. The molecule has 0 aliphatic heterocycles. The summed E-state index contributed by atoms with van der Waals surface area (Å²) in [6.07, 6.45) is 8.47. The highest BCUT2D eigenvalue weighted by Gasteiger charge is 2.10. The number of rotatable bonds is 5. The van der Waals surface area contributed by atoms with Gasteiger partial charge in [-0.3, -0.25) is 19.7 Å². The van der Waals surface area contributed by atoms with E-state index in [1.54, 1.807) is 37.1 Å². The molecule has 0 spiro atoms. The highest BCUT2D eigenvalue weighted by Crippen LogP contribution is 2.21. The van der Waals surface area contributed by atoms with E-state index in [4.69, 9.17) is 0 Å². The van der Waals surface area contributed by atoms with Crippen molar-refractivity contribution in [2.24, 2.45) is 0 Å². The topological polar surface area (TPSA) is 79.8 Å². The molecule has 1 aromatic carbocycles. The molecule has 2 N–H and O–H groups in total. The van der Waals surface area contributed by atoms with Crippen LogP contribution in [0.25, 0.3) is 10.9 Å². The summed E-state index contributed by atoms with van der Waals surface area (Å²) in [5, 5.41) is 7.15. The van der Waals surface area contributed by atoms with Crippen LogP contribution < -0.4 is 10.6 Å². The predicted octanol–water partition coefficient (Wildman–Crippen LogP) is 3.89. The van der Waals surface area contributed by atoms with Crippen LogP contribution in [-0.4, -0.2) is 20.9 Å². The van der Waals surface area contributed by atoms with Gasteiger partial charge in [0.2, 0.25) is 0 Å². The third-order valence-electron chi connectivity index (χ3n) is 4.10. The number of hydrogen-bond donors (Lipinski definition) is 2. The SMILES string of the molecule is O=C(Nc1cccc2cccnc12)c1cncc(NCc2cccnc2)c1. The monoisotopic (exact) mass is 355 g/mol. The fourth-order valence-corrected chi connectivity index (χ4v) is 2.77. The Balaban J connectivity index is 1.50. The summed E-state index contributed by atoms with van der Waals surface area (Å²) in [4.78, 5) is 25.3. The molecule has 3 heterocycles. The van der Waals surface area contributed by atoms with E-state index in [0.717, 1.165) is 22.2 Å². The molecule has 1 amide bonds. The lowest BCUT2D eigenvalue weighted by molar-refractivity contribution is 0.102. The standard InChI is InChI=1S/C21H17N5O/c27-21(26-19-7-1-5-16-6-3-9-24-20(16)19)17-10-18(14-23-13-17)25-12-15-4-2-8-22-11-15/h1-11,13-14,25H,12H2,(H,26,27). The summed E-state index contributed by atoms with van der Waals surface area (Å²) in [6, 6.07) is 15.2. The summed E-state index contributed by atoms with van der Waals surface area (Å²) in [5.74, 6) is -0.231. The third-order valence-corrected chi connectivity index (χ3v) is 4.10. The van der Waals surface area contributed by atoms with Gasteiger partial charge in [-0.05, 0) is 29.8 Å². The molecule has 6 nitrogen and oxygen atoms in total. The molecule has 0 saturated heterocycles. The summed E-state index contributed by atoms with van der Waals surface area (Å²) in [5.41, 5.74) is 3.72. The minimum Gasteiger partial charge on any atom is -0.380 e. The van der Waals surface area contributed by atoms with Crippen molar-refractivity contribution in [2.45, 2.75) is 6.54 Å². The minimum atomic E-state index is -0.231. The Morgan fingerprint density at radius 3 is 2.70 bits per heavy atom. The van der Waals surface area contributed by atoms with Crippen molar-refractivity contribution in [3.63, 3.8) is 0 Å². The molecule has 0 saturated carbocycles. The van der Waals surface area contributed by atoms with Crippen molar-refractivity contribution >= 4 is 28.2 Å². The zero-order valence-corrected chi connectivity index (χ0v) is 14.5. The maximum Gasteiger partial charge on any atom is 0.257 e. The molecule has 4 aromatic rings. The maximum atomic E-state index is 12.7. The molecule has 27 heavy (non-hydrogen) atoms. The second kappa shape index (κ2) is 7.61. The van der Waals surface area contributed by atoms with E-state index in [0.29, 0.717) is 17.8 Å². The Hall–Kier alpha value is -3.80. The molecular formula is C21H17N5O. The van der Waals surface area contributed by atoms with E-state index >= 15 is 0 Å². The summed E-state index contributed by atoms with van der Waals surface area (Å²) in [6.45, 7) is 0.605. The number of carbonyl (C=O) groups is 1. The van der Waals surface area contributed by atoms with Crippen molar-refractivity contribution < 1.29 is 4.79 Å². The van der Waals surface area contributed by atoms with Crippen molar-refractivity contribution in [1.29, 1.82) is 0 Å². The fourth-order valence-electron chi connectivity index (χ4n) is 2.77. The molecule has 0 aliphatic carbocycles. The Kier molecular flexibility index (Phi) is 4.70. The number of fused-ring (bicyclic) bond motifs is 1. The number of anilines is 2. The van der Waals surface area contributed by atoms with Crippen LogP contribution in [0.4, 0.5) is 11.4 Å². The Labute approximate surface area is 156 Å². The highest BCUT2D eigenvalue weighted by molar-refractivity contribution is 6.08. The predicted molar refractivity (Wildman–Crippen MR) is 105 cm³/mol. The lowest BCUT2D eigenvalue weighted by atomic mass is 10.2. The number of pyridine rings is 3. The molecule has 0 bridgehead atoms. The molecule has 0 radical (unpaired) electrons. The molecule has 3 aromatic heterocycles. The van der Waals surface area contributed by atoms with Gasteiger partial charge in [0.1, 0.15) is 0 Å². The molecular weight excluding hydrogens is 338 g/mol. The number of hydrogen-bond acceptors (Lipinski definition) is 5. The van der Waals surface area contributed by atoms with Crippen molar-refractivity contribution in [3.05, 3.63) is 90.6 Å². The molecule has 0 atom stereocenters. The van der Waals surface area contributed by atoms with E-state index in [-0.39, 0.29) is 5.91 Å². The van der Waals surface area contributed by atoms with Gasteiger partial charge in [-0.25, -0.2) is 0 Å². The Morgan fingerprint density at radius 2 is 1.81 bits per heavy atom. The van der Waals surface area contributed by atoms with Gasteiger partial charge in [0, 0.05) is 42.9 Å². The van der Waals surface area contributed by atoms with E-state index in [1.165, 1.54) is 0 Å². The fraction of sp³-hybridized carbons (Fsp3) is 0.0476. The van der Waals surface area contributed by atoms with Gasteiger partial charge in [0.15, 0.2) is 0 Å². The summed E-state index contributed by atoms with van der Waals surface area (Å²) < 4.78 is 0. The molecule has 0 aliphatic rings. The van der Waals surface area contributed by atoms with Crippen LogP contribution >= 0.6 is 0 Å². The number of nitrogens with zero attached hydrogens (tertiary/aromatic N) is 3. The number of benzene rings is 1. The van der Waals surface area contributed by atoms with Crippen LogP contribution in [0.1, 0.15) is 15.9 Å². The van der Waals surface area contributed by atoms with Crippen LogP contribution in [0.3, 0.4) is 0 Å². The zero-order valence-electron chi connectivity index (χ0n) is 14.5. The summed E-state index contributed by atoms with van der Waals surface area (Å²) in [7, 11) is 0. The zero-order chi connectivity index (χ0) is 18.5. The van der Waals surface area contributed by atoms with E-state index in [9.17, 15) is 4.79 Å². The Bertz CT molecular complexity index is 1080. The molecule has 4 rings (SSSR count). The van der Waals surface area contributed by atoms with Crippen LogP contribution in [0, 0.1) is 0 Å². The minimum absolute atomic E-state index is 0.231. The summed E-state index contributed by atoms with van der Waals surface area (Å²) >= 11 is 0. The van der Waals surface area contributed by atoms with E-state index < -0.39 is 0 Å². The smallest absolute Gasteiger partial charge is 0.257 e. The number of amides is 1. The first-order valence-corrected chi connectivity index (χ1v) is 8.52. The largest absolute Gasteiger partial charge is 0.380 e. The first-order chi connectivity index (χ1) is 13.3. The lowest BCUT2D eigenvalue weighted by Crippen LogP contribution is -2.13. The molecule has 132 valence electrons. The van der Waals surface area contributed by atoms with Crippen molar-refractivity contribution in [3.8, 4) is 0 Å². The first-order valence-electron chi connectivity index (χ1n) is 8.52. The van der Waals surface area contributed by atoms with Gasteiger partial charge >= 0.3 is 0 Å². The molecule has 6 heteroatoms. The third kappa shape index (κ3) is 3.90.